The highest BCUT2D eigenvalue weighted by Crippen LogP contribution is 2.29. The molecule has 10 heteroatoms. The van der Waals surface area contributed by atoms with Crippen molar-refractivity contribution in [2.75, 3.05) is 18.5 Å². The number of rotatable bonds is 9. The number of aliphatic hydroxyl groups excluding tert-OH is 5. The molecule has 5 unspecified atom stereocenters. The lowest BCUT2D eigenvalue weighted by Crippen LogP contribution is -2.56. The summed E-state index contributed by atoms with van der Waals surface area (Å²) in [6, 6.07) is 3.33. The van der Waals surface area contributed by atoms with Crippen molar-refractivity contribution in [3.05, 3.63) is 57.2 Å². The Morgan fingerprint density at radius 1 is 1.02 bits per heavy atom. The summed E-state index contributed by atoms with van der Waals surface area (Å²) in [4.78, 5) is 11.4. The molecule has 0 spiro atoms. The number of nitrogens with one attached hydrogen (secondary N) is 2. The van der Waals surface area contributed by atoms with E-state index in [1.165, 1.54) is 56.2 Å². The summed E-state index contributed by atoms with van der Waals surface area (Å²) >= 11 is 0. The predicted molar refractivity (Wildman–Crippen MR) is 164 cm³/mol. The molecule has 0 amide bonds. The van der Waals surface area contributed by atoms with Gasteiger partial charge in [-0.05, 0) is 49.3 Å². The van der Waals surface area contributed by atoms with Gasteiger partial charge >= 0.3 is 0 Å². The molecule has 1 aromatic rings. The number of nitro groups is 1. The van der Waals surface area contributed by atoms with Crippen LogP contribution < -0.4 is 10.6 Å². The van der Waals surface area contributed by atoms with E-state index >= 15 is 0 Å². The minimum atomic E-state index is -1.49. The second-order valence-electron chi connectivity index (χ2n) is 12.1. The van der Waals surface area contributed by atoms with Gasteiger partial charge in [-0.3, -0.25) is 10.1 Å². The molecule has 0 saturated heterocycles. The first-order valence-electron chi connectivity index (χ1n) is 15.6. The number of hydrogen-bond acceptors (Lipinski definition) is 9. The third-order valence-electron chi connectivity index (χ3n) is 8.79. The standard InChI is InChI=1S/C32H51N3O7/c1-21-14-15-25(28(16-21)35(41)42)34-27(19-33-26-17-24(20-36)30(38)32(40)31(26)39)29(37)18-23-13-11-9-7-5-3-4-6-8-10-12-22(23)2/h14-18,22,26-27,29-34,36-40H,3-13,19-20H2,1-2H3/b23-18+/t22?,26?,27?,29-,30?,31+,32?/m1/s1. The lowest BCUT2D eigenvalue weighted by Gasteiger charge is -2.36. The first kappa shape index (κ1) is 34.2. The Kier molecular flexibility index (Phi) is 13.9. The van der Waals surface area contributed by atoms with Crippen LogP contribution in [0.5, 0.6) is 0 Å². The lowest BCUT2D eigenvalue weighted by molar-refractivity contribution is -0.384. The Hall–Kier alpha value is -2.34. The zero-order chi connectivity index (χ0) is 30.6. The fraction of sp³-hybridized carbons (Fsp3) is 0.688. The summed E-state index contributed by atoms with van der Waals surface area (Å²) < 4.78 is 0. The zero-order valence-electron chi connectivity index (χ0n) is 25.1. The molecule has 7 N–H and O–H groups in total. The van der Waals surface area contributed by atoms with E-state index in [2.05, 4.69) is 17.6 Å². The Morgan fingerprint density at radius 3 is 2.31 bits per heavy atom. The fourth-order valence-corrected chi connectivity index (χ4v) is 6.04. The van der Waals surface area contributed by atoms with Crippen LogP contribution in [-0.2, 0) is 0 Å². The van der Waals surface area contributed by atoms with E-state index in [0.29, 0.717) is 5.92 Å². The minimum Gasteiger partial charge on any atom is -0.392 e. The molecular formula is C32H51N3O7. The molecule has 3 rings (SSSR count). The van der Waals surface area contributed by atoms with Crippen LogP contribution in [0.1, 0.15) is 83.1 Å². The molecule has 0 radical (unpaired) electrons. The molecule has 0 aliphatic heterocycles. The molecule has 2 aliphatic rings. The van der Waals surface area contributed by atoms with Crippen molar-refractivity contribution in [1.82, 2.24) is 5.32 Å². The van der Waals surface area contributed by atoms with Gasteiger partial charge in [-0.15, -0.1) is 0 Å². The summed E-state index contributed by atoms with van der Waals surface area (Å²) in [5, 5.41) is 70.4. The van der Waals surface area contributed by atoms with Gasteiger partial charge in [0.15, 0.2) is 0 Å². The molecule has 7 atom stereocenters. The van der Waals surface area contributed by atoms with Gasteiger partial charge in [-0.1, -0.05) is 82.1 Å². The van der Waals surface area contributed by atoms with Crippen LogP contribution in [0.3, 0.4) is 0 Å². The Morgan fingerprint density at radius 2 is 1.67 bits per heavy atom. The highest BCUT2D eigenvalue weighted by Gasteiger charge is 2.37. The molecule has 1 aromatic carbocycles. The maximum absolute atomic E-state index is 11.8. The van der Waals surface area contributed by atoms with Crippen LogP contribution in [0.15, 0.2) is 41.5 Å². The van der Waals surface area contributed by atoms with E-state index in [0.717, 1.165) is 37.7 Å². The van der Waals surface area contributed by atoms with E-state index in [-0.39, 0.29) is 23.5 Å². The lowest BCUT2D eigenvalue weighted by atomic mass is 9.87. The maximum Gasteiger partial charge on any atom is 0.292 e. The van der Waals surface area contributed by atoms with Gasteiger partial charge < -0.3 is 36.2 Å². The molecule has 0 bridgehead atoms. The van der Waals surface area contributed by atoms with E-state index in [9.17, 15) is 35.6 Å². The van der Waals surface area contributed by atoms with Gasteiger partial charge in [0.1, 0.15) is 24.0 Å². The van der Waals surface area contributed by atoms with E-state index < -0.39 is 48.0 Å². The molecule has 0 heterocycles. The monoisotopic (exact) mass is 589 g/mol. The Bertz CT molecular complexity index is 1060. The second-order valence-corrected chi connectivity index (χ2v) is 12.1. The number of aliphatic hydroxyl groups is 5. The van der Waals surface area contributed by atoms with Crippen molar-refractivity contribution >= 4 is 11.4 Å². The summed E-state index contributed by atoms with van der Waals surface area (Å²) in [6.07, 6.45) is 10.9. The number of aryl methyl sites for hydroxylation is 1. The smallest absolute Gasteiger partial charge is 0.292 e. The summed E-state index contributed by atoms with van der Waals surface area (Å²) in [5.41, 5.74) is 2.27. The zero-order valence-corrected chi connectivity index (χ0v) is 25.1. The van der Waals surface area contributed by atoms with Gasteiger partial charge in [0.25, 0.3) is 5.69 Å². The summed E-state index contributed by atoms with van der Waals surface area (Å²) in [7, 11) is 0. The van der Waals surface area contributed by atoms with Crippen LogP contribution in [0, 0.1) is 23.0 Å². The van der Waals surface area contributed by atoms with Crippen LogP contribution in [0.25, 0.3) is 0 Å². The number of benzene rings is 1. The predicted octanol–water partition coefficient (Wildman–Crippen LogP) is 3.89. The van der Waals surface area contributed by atoms with Gasteiger partial charge in [-0.25, -0.2) is 0 Å². The number of hydrogen-bond donors (Lipinski definition) is 7. The largest absolute Gasteiger partial charge is 0.392 e. The molecule has 1 saturated carbocycles. The molecule has 2 aliphatic carbocycles. The molecular weight excluding hydrogens is 538 g/mol. The highest BCUT2D eigenvalue weighted by molar-refractivity contribution is 5.63. The fourth-order valence-electron chi connectivity index (χ4n) is 6.04. The van der Waals surface area contributed by atoms with Crippen LogP contribution in [0.2, 0.25) is 0 Å². The first-order valence-corrected chi connectivity index (χ1v) is 15.6. The Labute approximate surface area is 249 Å². The molecule has 1 fully saturated rings. The average molecular weight is 590 g/mol. The van der Waals surface area contributed by atoms with Crippen molar-refractivity contribution in [1.29, 1.82) is 0 Å². The quantitative estimate of drug-likeness (QED) is 0.128. The normalized spacial score (nSPS) is 29.0. The number of nitrogens with zero attached hydrogens (tertiary/aromatic N) is 1. The van der Waals surface area contributed by atoms with Crippen molar-refractivity contribution < 1.29 is 30.5 Å². The van der Waals surface area contributed by atoms with Crippen molar-refractivity contribution in [3.63, 3.8) is 0 Å². The van der Waals surface area contributed by atoms with Crippen LogP contribution >= 0.6 is 0 Å². The van der Waals surface area contributed by atoms with Gasteiger partial charge in [0.2, 0.25) is 0 Å². The number of nitro benzene ring substituents is 1. The van der Waals surface area contributed by atoms with Crippen molar-refractivity contribution in [3.8, 4) is 0 Å². The molecule has 10 nitrogen and oxygen atoms in total. The third-order valence-corrected chi connectivity index (χ3v) is 8.79. The Balaban J connectivity index is 1.88. The summed E-state index contributed by atoms with van der Waals surface area (Å²) in [6.45, 7) is 3.57. The summed E-state index contributed by atoms with van der Waals surface area (Å²) in [5.74, 6) is 0.301. The van der Waals surface area contributed by atoms with Crippen molar-refractivity contribution in [2.45, 2.75) is 121 Å². The van der Waals surface area contributed by atoms with Crippen LogP contribution in [0.4, 0.5) is 11.4 Å². The molecule has 236 valence electrons. The van der Waals surface area contributed by atoms with Gasteiger partial charge in [-0.2, -0.15) is 0 Å². The van der Waals surface area contributed by atoms with Gasteiger partial charge in [0, 0.05) is 12.6 Å². The van der Waals surface area contributed by atoms with E-state index in [1.54, 1.807) is 19.1 Å². The minimum absolute atomic E-state index is 0.0735. The second kappa shape index (κ2) is 17.1. The van der Waals surface area contributed by atoms with Gasteiger partial charge in [0.05, 0.1) is 29.7 Å². The average Bonchev–Trinajstić information content (AvgIpc) is 2.98. The first-order chi connectivity index (χ1) is 20.1. The third kappa shape index (κ3) is 9.86. The topological polar surface area (TPSA) is 168 Å². The number of allylic oxidation sites excluding steroid dienone is 1. The number of anilines is 1. The van der Waals surface area contributed by atoms with E-state index in [1.807, 2.05) is 6.08 Å². The highest BCUT2D eigenvalue weighted by atomic mass is 16.6. The van der Waals surface area contributed by atoms with Crippen molar-refractivity contribution in [2.24, 2.45) is 5.92 Å². The SMILES string of the molecule is Cc1ccc(NC(CNC2C=C(CO)C(O)C(O)[C@H]2O)[C@H](O)/C=C2\CCCCCCCCCCCC2C)c([N+](=O)[O-])c1. The molecule has 0 aromatic heterocycles. The molecule has 42 heavy (non-hydrogen) atoms. The van der Waals surface area contributed by atoms with E-state index in [4.69, 9.17) is 0 Å². The maximum atomic E-state index is 11.8. The van der Waals surface area contributed by atoms with Crippen LogP contribution in [-0.4, -0.2) is 80.1 Å².